The van der Waals surface area contributed by atoms with Crippen LogP contribution in [-0.4, -0.2) is 97.0 Å². The highest BCUT2D eigenvalue weighted by atomic mass is 16.5. The van der Waals surface area contributed by atoms with Crippen molar-refractivity contribution in [1.29, 1.82) is 0 Å². The van der Waals surface area contributed by atoms with Crippen molar-refractivity contribution < 1.29 is 24.3 Å². The van der Waals surface area contributed by atoms with Crippen LogP contribution in [-0.2, 0) is 9.59 Å². The van der Waals surface area contributed by atoms with E-state index in [2.05, 4.69) is 25.2 Å². The van der Waals surface area contributed by atoms with E-state index in [0.29, 0.717) is 67.6 Å². The average Bonchev–Trinajstić information content (AvgIpc) is 3.75. The third-order valence-corrected chi connectivity index (χ3v) is 10.0. The van der Waals surface area contributed by atoms with Gasteiger partial charge in [0, 0.05) is 73.8 Å². The molecule has 7 rings (SSSR count). The molecule has 1 aromatic carbocycles. The number of aromatic amines is 1. The molecule has 46 heavy (non-hydrogen) atoms. The number of β-amino-alcohol motifs (C(OH)–C–C–N with tert-alkyl or cyclic N) is 1. The van der Waals surface area contributed by atoms with Gasteiger partial charge in [0.05, 0.1) is 11.8 Å². The molecule has 0 saturated carbocycles. The molecule has 0 radical (unpaired) electrons. The first kappa shape index (κ1) is 30.2. The van der Waals surface area contributed by atoms with Crippen molar-refractivity contribution in [3.8, 4) is 17.0 Å². The largest absolute Gasteiger partial charge is 0.507 e. The summed E-state index contributed by atoms with van der Waals surface area (Å²) >= 11 is 0. The van der Waals surface area contributed by atoms with Crippen molar-refractivity contribution in [1.82, 2.24) is 30.1 Å². The number of nitrogens with one attached hydrogen (secondary N) is 1. The smallest absolute Gasteiger partial charge is 0.234 e. The summed E-state index contributed by atoms with van der Waals surface area (Å²) in [5.41, 5.74) is 3.04. The molecular weight excluding hydrogens is 586 g/mol. The van der Waals surface area contributed by atoms with Crippen LogP contribution in [0.4, 0.5) is 5.82 Å². The molecule has 0 spiro atoms. The van der Waals surface area contributed by atoms with Crippen LogP contribution in [0.15, 0.2) is 47.1 Å². The van der Waals surface area contributed by atoms with Gasteiger partial charge in [-0.05, 0) is 55.9 Å². The predicted octanol–water partition coefficient (Wildman–Crippen LogP) is 3.88. The van der Waals surface area contributed by atoms with Crippen molar-refractivity contribution in [2.75, 3.05) is 37.6 Å². The number of rotatable bonds is 7. The molecule has 0 aliphatic carbocycles. The lowest BCUT2D eigenvalue weighted by molar-refractivity contribution is -0.140. The van der Waals surface area contributed by atoms with Gasteiger partial charge in [-0.3, -0.25) is 9.59 Å². The Bertz CT molecular complexity index is 1740. The van der Waals surface area contributed by atoms with E-state index in [1.165, 1.54) is 0 Å². The topological polar surface area (TPSA) is 152 Å². The summed E-state index contributed by atoms with van der Waals surface area (Å²) in [6.45, 7) is 9.00. The van der Waals surface area contributed by atoms with E-state index >= 15 is 0 Å². The molecule has 4 aromatic rings. The number of anilines is 1. The Morgan fingerprint density at radius 2 is 1.83 bits per heavy atom. The van der Waals surface area contributed by atoms with Crippen LogP contribution in [0.2, 0.25) is 0 Å². The molecule has 1 unspecified atom stereocenters. The van der Waals surface area contributed by atoms with Crippen molar-refractivity contribution in [3.05, 3.63) is 53.9 Å². The van der Waals surface area contributed by atoms with Gasteiger partial charge in [-0.2, -0.15) is 0 Å². The first-order valence-corrected chi connectivity index (χ1v) is 16.3. The van der Waals surface area contributed by atoms with Crippen LogP contribution in [0, 0.1) is 11.8 Å². The second-order valence-corrected chi connectivity index (χ2v) is 13.5. The Kier molecular flexibility index (Phi) is 7.92. The number of hydrogen-bond acceptors (Lipinski definition) is 9. The Balaban J connectivity index is 0.953. The van der Waals surface area contributed by atoms with Gasteiger partial charge in [0.1, 0.15) is 11.7 Å². The quantitative estimate of drug-likeness (QED) is 0.277. The molecule has 3 N–H and O–H groups in total. The Morgan fingerprint density at radius 3 is 2.52 bits per heavy atom. The first-order chi connectivity index (χ1) is 22.2. The van der Waals surface area contributed by atoms with Gasteiger partial charge in [-0.1, -0.05) is 31.1 Å². The fourth-order valence-corrected chi connectivity index (χ4v) is 7.37. The molecule has 2 amide bonds. The number of hydrogen-bond donors (Lipinski definition) is 3. The zero-order valence-electron chi connectivity index (χ0n) is 26.5. The number of amides is 2. The molecule has 3 aliphatic rings. The molecule has 3 saturated heterocycles. The number of carbonyl (C=O) groups excluding carboxylic acids is 2. The molecule has 3 fully saturated rings. The number of aliphatic hydroxyl groups excluding tert-OH is 1. The number of piperidine rings is 1. The van der Waals surface area contributed by atoms with E-state index in [1.807, 2.05) is 56.1 Å². The number of aromatic nitrogens is 4. The zero-order chi connectivity index (χ0) is 32.1. The fraction of sp³-hybridized carbons (Fsp3) is 0.500. The summed E-state index contributed by atoms with van der Waals surface area (Å²) in [6.07, 6.45) is 3.51. The van der Waals surface area contributed by atoms with Crippen LogP contribution < -0.4 is 4.90 Å². The number of para-hydroxylation sites is 1. The SMILES string of the molecule is CC(C)[C@@H](C(=O)N1C[C@H](O)CC1C)c1cc(N2CCC(C(=O)N3CC(c4c[nH]c5nnc(-c6ccccc6O)cc45)C3)CC2)no1. The highest BCUT2D eigenvalue weighted by Crippen LogP contribution is 2.37. The summed E-state index contributed by atoms with van der Waals surface area (Å²) in [6, 6.07) is 10.9. The molecular formula is C34H41N7O5. The summed E-state index contributed by atoms with van der Waals surface area (Å²) in [4.78, 5) is 36.0. The lowest BCUT2D eigenvalue weighted by Crippen LogP contribution is -2.52. The number of phenolic OH excluding ortho intramolecular Hbond substituents is 1. The minimum atomic E-state index is -0.490. The third kappa shape index (κ3) is 5.48. The number of aromatic hydroxyl groups is 1. The normalized spacial score (nSPS) is 21.7. The van der Waals surface area contributed by atoms with Gasteiger partial charge in [0.2, 0.25) is 11.8 Å². The van der Waals surface area contributed by atoms with E-state index in [1.54, 1.807) is 17.0 Å². The standard InChI is InChI=1S/C34H41N7O5/c1-19(2)31(34(45)41-18-23(42)12-20(41)3)29-14-30(38-46-29)39-10-8-21(9-11-39)33(44)40-16-22(17-40)26-15-35-32-25(26)13-27(36-37-32)24-6-4-5-7-28(24)43/h4-7,13-15,19-23,31,42-43H,8-12,16-18H2,1-3H3,(H,35,37)/t20?,23-,31-/m1/s1. The van der Waals surface area contributed by atoms with Crippen molar-refractivity contribution >= 4 is 28.7 Å². The number of likely N-dealkylation sites (tertiary alicyclic amines) is 2. The van der Waals surface area contributed by atoms with Gasteiger partial charge < -0.3 is 34.4 Å². The molecule has 6 heterocycles. The predicted molar refractivity (Wildman–Crippen MR) is 171 cm³/mol. The molecule has 3 aliphatic heterocycles. The second kappa shape index (κ2) is 12.1. The van der Waals surface area contributed by atoms with Gasteiger partial charge in [-0.25, -0.2) is 0 Å². The Hall–Kier alpha value is -4.45. The first-order valence-electron chi connectivity index (χ1n) is 16.3. The van der Waals surface area contributed by atoms with E-state index in [0.717, 1.165) is 23.8 Å². The minimum absolute atomic E-state index is 0.0102. The maximum absolute atomic E-state index is 13.5. The van der Waals surface area contributed by atoms with Crippen molar-refractivity contribution in [2.24, 2.45) is 11.8 Å². The number of fused-ring (bicyclic) bond motifs is 1. The average molecular weight is 628 g/mol. The Labute approximate surface area is 267 Å². The van der Waals surface area contributed by atoms with Gasteiger partial charge in [-0.15, -0.1) is 10.2 Å². The van der Waals surface area contributed by atoms with Crippen molar-refractivity contribution in [2.45, 2.75) is 64.0 Å². The summed E-state index contributed by atoms with van der Waals surface area (Å²) in [5, 5.41) is 34.3. The number of benzene rings is 1. The lowest BCUT2D eigenvalue weighted by atomic mass is 9.88. The number of carbonyl (C=O) groups is 2. The molecule has 3 atom stereocenters. The van der Waals surface area contributed by atoms with Crippen LogP contribution in [0.1, 0.15) is 63.2 Å². The number of H-pyrrole nitrogens is 1. The lowest BCUT2D eigenvalue weighted by Gasteiger charge is -2.42. The summed E-state index contributed by atoms with van der Waals surface area (Å²) < 4.78 is 5.74. The maximum atomic E-state index is 13.5. The molecule has 12 heteroatoms. The molecule has 3 aromatic heterocycles. The second-order valence-electron chi connectivity index (χ2n) is 13.5. The minimum Gasteiger partial charge on any atom is -0.507 e. The monoisotopic (exact) mass is 627 g/mol. The van der Waals surface area contributed by atoms with Gasteiger partial charge in [0.25, 0.3) is 0 Å². The highest BCUT2D eigenvalue weighted by molar-refractivity contribution is 5.86. The van der Waals surface area contributed by atoms with E-state index in [-0.39, 0.29) is 41.4 Å². The molecule has 0 bridgehead atoms. The van der Waals surface area contributed by atoms with E-state index in [9.17, 15) is 19.8 Å². The summed E-state index contributed by atoms with van der Waals surface area (Å²) in [5.74, 6) is 1.27. The van der Waals surface area contributed by atoms with Crippen LogP contribution in [0.3, 0.4) is 0 Å². The molecule has 12 nitrogen and oxygen atoms in total. The van der Waals surface area contributed by atoms with Crippen LogP contribution in [0.5, 0.6) is 5.75 Å². The Morgan fingerprint density at radius 1 is 1.07 bits per heavy atom. The summed E-state index contributed by atoms with van der Waals surface area (Å²) in [7, 11) is 0. The molecule has 242 valence electrons. The number of aliphatic hydroxyl groups is 1. The van der Waals surface area contributed by atoms with Gasteiger partial charge in [0.15, 0.2) is 17.2 Å². The fourth-order valence-electron chi connectivity index (χ4n) is 7.37. The maximum Gasteiger partial charge on any atom is 0.234 e. The number of phenols is 1. The zero-order valence-corrected chi connectivity index (χ0v) is 26.5. The van der Waals surface area contributed by atoms with Gasteiger partial charge >= 0.3 is 0 Å². The van der Waals surface area contributed by atoms with E-state index < -0.39 is 12.0 Å². The van der Waals surface area contributed by atoms with E-state index in [4.69, 9.17) is 4.52 Å². The highest BCUT2D eigenvalue weighted by Gasteiger charge is 2.40. The third-order valence-electron chi connectivity index (χ3n) is 10.0. The van der Waals surface area contributed by atoms with Crippen molar-refractivity contribution in [3.63, 3.8) is 0 Å². The van der Waals surface area contributed by atoms with Crippen LogP contribution >= 0.6 is 0 Å². The van der Waals surface area contributed by atoms with Crippen LogP contribution in [0.25, 0.3) is 22.3 Å². The number of nitrogens with zero attached hydrogens (tertiary/aromatic N) is 6.